The second-order valence-corrected chi connectivity index (χ2v) is 6.24. The number of carbonyl (C=O) groups excluding carboxylic acids is 1. The molecule has 0 N–H and O–H groups in total. The van der Waals surface area contributed by atoms with Crippen molar-refractivity contribution >= 4 is 5.91 Å². The third-order valence-corrected chi connectivity index (χ3v) is 4.59. The minimum absolute atomic E-state index is 0.00255. The summed E-state index contributed by atoms with van der Waals surface area (Å²) in [7, 11) is 1.68. The van der Waals surface area contributed by atoms with Crippen molar-refractivity contribution < 1.29 is 9.53 Å². The van der Waals surface area contributed by atoms with E-state index >= 15 is 0 Å². The third kappa shape index (κ3) is 4.10. The molecule has 1 aromatic heterocycles. The number of ether oxygens (including phenoxy) is 1. The summed E-state index contributed by atoms with van der Waals surface area (Å²) in [6, 6.07) is 8.23. The van der Waals surface area contributed by atoms with Gasteiger partial charge in [0.2, 0.25) is 0 Å². The lowest BCUT2D eigenvalue weighted by Crippen LogP contribution is -2.40. The quantitative estimate of drug-likeness (QED) is 0.848. The van der Waals surface area contributed by atoms with E-state index in [1.807, 2.05) is 17.0 Å². The highest BCUT2D eigenvalue weighted by Gasteiger charge is 2.25. The molecule has 2 aromatic rings. The van der Waals surface area contributed by atoms with Gasteiger partial charge in [0.25, 0.3) is 5.91 Å². The molecule has 0 unspecified atom stereocenters. The molecule has 2 heterocycles. The summed E-state index contributed by atoms with van der Waals surface area (Å²) >= 11 is 0. The highest BCUT2D eigenvalue weighted by molar-refractivity contribution is 5.92. The summed E-state index contributed by atoms with van der Waals surface area (Å²) < 4.78 is 5.19. The largest absolute Gasteiger partial charge is 0.497 e. The van der Waals surface area contributed by atoms with Crippen LogP contribution in [0.25, 0.3) is 0 Å². The third-order valence-electron chi connectivity index (χ3n) is 4.59. The van der Waals surface area contributed by atoms with Crippen LogP contribution in [-0.4, -0.2) is 41.0 Å². The molecule has 24 heavy (non-hydrogen) atoms. The molecule has 1 amide bonds. The highest BCUT2D eigenvalue weighted by atomic mass is 16.5. The number of methoxy groups -OCH3 is 1. The summed E-state index contributed by atoms with van der Waals surface area (Å²) in [6.45, 7) is 1.63. The molecular weight excluding hydrogens is 302 g/mol. The molecule has 0 radical (unpaired) electrons. The smallest absolute Gasteiger partial charge is 0.274 e. The SMILES string of the molecule is COc1ccc(CC[C@H]2CCCN(C(=O)c3cnccn3)C2)cc1. The molecule has 0 saturated carbocycles. The van der Waals surface area contributed by atoms with E-state index in [4.69, 9.17) is 4.74 Å². The Hall–Kier alpha value is -2.43. The number of aromatic nitrogens is 2. The Morgan fingerprint density at radius 3 is 2.83 bits per heavy atom. The molecule has 1 aliphatic rings. The van der Waals surface area contributed by atoms with Crippen molar-refractivity contribution in [3.8, 4) is 5.75 Å². The first-order valence-electron chi connectivity index (χ1n) is 8.44. The van der Waals surface area contributed by atoms with Gasteiger partial charge in [-0.25, -0.2) is 4.98 Å². The molecule has 1 aromatic carbocycles. The fraction of sp³-hybridized carbons (Fsp3) is 0.421. The number of rotatable bonds is 5. The van der Waals surface area contributed by atoms with Gasteiger partial charge in [0.15, 0.2) is 0 Å². The summed E-state index contributed by atoms with van der Waals surface area (Å²) in [5.41, 5.74) is 1.75. The van der Waals surface area contributed by atoms with Crippen LogP contribution < -0.4 is 4.74 Å². The minimum Gasteiger partial charge on any atom is -0.497 e. The molecule has 5 nitrogen and oxygen atoms in total. The number of aryl methyl sites for hydroxylation is 1. The van der Waals surface area contributed by atoms with Crippen LogP contribution in [0.2, 0.25) is 0 Å². The molecule has 0 aliphatic carbocycles. The van der Waals surface area contributed by atoms with E-state index in [-0.39, 0.29) is 5.91 Å². The number of benzene rings is 1. The van der Waals surface area contributed by atoms with Crippen molar-refractivity contribution in [3.63, 3.8) is 0 Å². The second-order valence-electron chi connectivity index (χ2n) is 6.24. The molecular formula is C19H23N3O2. The van der Waals surface area contributed by atoms with Gasteiger partial charge in [-0.2, -0.15) is 0 Å². The van der Waals surface area contributed by atoms with Crippen molar-refractivity contribution in [3.05, 3.63) is 54.1 Å². The molecule has 0 bridgehead atoms. The lowest BCUT2D eigenvalue weighted by molar-refractivity contribution is 0.0662. The van der Waals surface area contributed by atoms with Crippen LogP contribution in [0.3, 0.4) is 0 Å². The average molecular weight is 325 g/mol. The van der Waals surface area contributed by atoms with Gasteiger partial charge in [-0.1, -0.05) is 12.1 Å². The van der Waals surface area contributed by atoms with Crippen molar-refractivity contribution in [2.45, 2.75) is 25.7 Å². The zero-order valence-electron chi connectivity index (χ0n) is 14.0. The number of hydrogen-bond acceptors (Lipinski definition) is 4. The van der Waals surface area contributed by atoms with Crippen LogP contribution in [0, 0.1) is 5.92 Å². The summed E-state index contributed by atoms with van der Waals surface area (Å²) in [6.07, 6.45) is 9.06. The van der Waals surface area contributed by atoms with Gasteiger partial charge in [0.05, 0.1) is 13.3 Å². The van der Waals surface area contributed by atoms with Crippen molar-refractivity contribution in [1.82, 2.24) is 14.9 Å². The van der Waals surface area contributed by atoms with E-state index in [0.29, 0.717) is 11.6 Å². The predicted octanol–water partition coefficient (Wildman–Crippen LogP) is 2.97. The standard InChI is InChI=1S/C19H23N3O2/c1-24-17-8-6-15(7-9-17)4-5-16-3-2-12-22(14-16)19(23)18-13-20-10-11-21-18/h6-11,13,16H,2-5,12,14H2,1H3/t16-/m1/s1. The van der Waals surface area contributed by atoms with Crippen molar-refractivity contribution in [2.24, 2.45) is 5.92 Å². The van der Waals surface area contributed by atoms with E-state index in [2.05, 4.69) is 22.1 Å². The monoisotopic (exact) mass is 325 g/mol. The maximum Gasteiger partial charge on any atom is 0.274 e. The van der Waals surface area contributed by atoms with Gasteiger partial charge in [-0.05, 0) is 49.3 Å². The van der Waals surface area contributed by atoms with Gasteiger partial charge in [-0.15, -0.1) is 0 Å². The van der Waals surface area contributed by atoms with Crippen LogP contribution in [0.5, 0.6) is 5.75 Å². The van der Waals surface area contributed by atoms with E-state index in [9.17, 15) is 4.79 Å². The first kappa shape index (κ1) is 16.4. The molecule has 5 heteroatoms. The zero-order valence-corrected chi connectivity index (χ0v) is 14.0. The second kappa shape index (κ2) is 7.90. The van der Waals surface area contributed by atoms with Crippen LogP contribution >= 0.6 is 0 Å². The van der Waals surface area contributed by atoms with E-state index < -0.39 is 0 Å². The molecule has 1 saturated heterocycles. The van der Waals surface area contributed by atoms with E-state index in [1.165, 1.54) is 12.0 Å². The molecule has 0 spiro atoms. The Balaban J connectivity index is 1.54. The first-order valence-corrected chi connectivity index (χ1v) is 8.44. The van der Waals surface area contributed by atoms with Crippen LogP contribution in [-0.2, 0) is 6.42 Å². The summed E-state index contributed by atoms with van der Waals surface area (Å²) in [5, 5.41) is 0. The number of carbonyl (C=O) groups is 1. The molecule has 1 fully saturated rings. The average Bonchev–Trinajstić information content (AvgIpc) is 2.67. The molecule has 1 atom stereocenters. The van der Waals surface area contributed by atoms with Gasteiger partial charge in [-0.3, -0.25) is 9.78 Å². The normalized spacial score (nSPS) is 17.5. The Bertz CT molecular complexity index is 658. The number of likely N-dealkylation sites (tertiary alicyclic amines) is 1. The zero-order chi connectivity index (χ0) is 16.8. The van der Waals surface area contributed by atoms with Gasteiger partial charge < -0.3 is 9.64 Å². The fourth-order valence-corrected chi connectivity index (χ4v) is 3.22. The van der Waals surface area contributed by atoms with E-state index in [1.54, 1.807) is 25.7 Å². The van der Waals surface area contributed by atoms with Crippen LogP contribution in [0.4, 0.5) is 0 Å². The summed E-state index contributed by atoms with van der Waals surface area (Å²) in [5.74, 6) is 1.43. The first-order chi connectivity index (χ1) is 11.8. The van der Waals surface area contributed by atoms with Crippen molar-refractivity contribution in [1.29, 1.82) is 0 Å². The van der Waals surface area contributed by atoms with Crippen LogP contribution in [0.15, 0.2) is 42.9 Å². The maximum absolute atomic E-state index is 12.5. The van der Waals surface area contributed by atoms with Crippen LogP contribution in [0.1, 0.15) is 35.3 Å². The topological polar surface area (TPSA) is 55.3 Å². The maximum atomic E-state index is 12.5. The summed E-state index contributed by atoms with van der Waals surface area (Å²) in [4.78, 5) is 22.5. The molecule has 1 aliphatic heterocycles. The van der Waals surface area contributed by atoms with E-state index in [0.717, 1.165) is 38.1 Å². The predicted molar refractivity (Wildman–Crippen MR) is 92.0 cm³/mol. The van der Waals surface area contributed by atoms with Gasteiger partial charge >= 0.3 is 0 Å². The van der Waals surface area contributed by atoms with Gasteiger partial charge in [0.1, 0.15) is 11.4 Å². The lowest BCUT2D eigenvalue weighted by atomic mass is 9.91. The Kier molecular flexibility index (Phi) is 5.41. The Labute approximate surface area is 142 Å². The highest BCUT2D eigenvalue weighted by Crippen LogP contribution is 2.23. The van der Waals surface area contributed by atoms with Gasteiger partial charge in [0, 0.05) is 25.5 Å². The van der Waals surface area contributed by atoms with Crippen molar-refractivity contribution in [2.75, 3.05) is 20.2 Å². The number of piperidine rings is 1. The molecule has 3 rings (SSSR count). The Morgan fingerprint density at radius 2 is 2.12 bits per heavy atom. The fourth-order valence-electron chi connectivity index (χ4n) is 3.22. The minimum atomic E-state index is -0.00255. The number of hydrogen-bond donors (Lipinski definition) is 0. The molecule has 126 valence electrons. The Morgan fingerprint density at radius 1 is 1.29 bits per heavy atom. The lowest BCUT2D eigenvalue weighted by Gasteiger charge is -2.32. The number of nitrogens with zero attached hydrogens (tertiary/aromatic N) is 3. The number of amides is 1.